The number of carbonyl (C=O) groups excluding carboxylic acids is 1. The molecule has 0 fully saturated rings. The van der Waals surface area contributed by atoms with Crippen molar-refractivity contribution in [3.05, 3.63) is 29.6 Å². The average Bonchev–Trinajstić information content (AvgIpc) is 2.07. The predicted octanol–water partition coefficient (Wildman–Crippen LogP) is 1.16. The first-order valence-electron chi connectivity index (χ1n) is 3.73. The summed E-state index contributed by atoms with van der Waals surface area (Å²) in [5, 5.41) is 0.963. The Kier molecular flexibility index (Phi) is 1.99. The normalized spacial score (nSPS) is 15.9. The summed E-state index contributed by atoms with van der Waals surface area (Å²) in [6.45, 7) is 0. The van der Waals surface area contributed by atoms with Gasteiger partial charge in [0.25, 0.3) is 0 Å². The van der Waals surface area contributed by atoms with Crippen LogP contribution in [0, 0.1) is 5.82 Å². The van der Waals surface area contributed by atoms with Crippen molar-refractivity contribution in [1.29, 1.82) is 0 Å². The third-order valence-corrected chi connectivity index (χ3v) is 4.08. The summed E-state index contributed by atoms with van der Waals surface area (Å²) < 4.78 is 13.8. The zero-order chi connectivity index (χ0) is 8.55. The molecule has 0 unspecified atom stereocenters. The summed E-state index contributed by atoms with van der Waals surface area (Å²) in [5.74, 6) is -0.211. The van der Waals surface area contributed by atoms with Crippen molar-refractivity contribution in [3.8, 4) is 0 Å². The molecule has 0 atom stereocenters. The molecule has 0 N–H and O–H groups in total. The van der Waals surface area contributed by atoms with E-state index < -0.39 is 0 Å². The van der Waals surface area contributed by atoms with Gasteiger partial charge in [0.2, 0.25) is 0 Å². The van der Waals surface area contributed by atoms with Gasteiger partial charge in [-0.1, -0.05) is 0 Å². The van der Waals surface area contributed by atoms with E-state index in [9.17, 15) is 9.18 Å². The summed E-state index contributed by atoms with van der Waals surface area (Å²) in [6.07, 6.45) is 0.594. The van der Waals surface area contributed by atoms with Gasteiger partial charge in [0.1, 0.15) is 0 Å². The van der Waals surface area contributed by atoms with Crippen molar-refractivity contribution < 1.29 is 9.18 Å². The van der Waals surface area contributed by atoms with Crippen LogP contribution in [0.5, 0.6) is 0 Å². The Morgan fingerprint density at radius 1 is 1.42 bits per heavy atom. The summed E-state index contributed by atoms with van der Waals surface area (Å²) in [5.41, 5.74) is 0.612. The van der Waals surface area contributed by atoms with Gasteiger partial charge in [0.15, 0.2) is 0 Å². The minimum absolute atomic E-state index is 0.0950. The fourth-order valence-corrected chi connectivity index (χ4v) is 3.33. The van der Waals surface area contributed by atoms with Crippen molar-refractivity contribution in [3.63, 3.8) is 0 Å². The van der Waals surface area contributed by atoms with Gasteiger partial charge in [-0.2, -0.15) is 0 Å². The second kappa shape index (κ2) is 3.00. The monoisotopic (exact) mass is 230 g/mol. The number of halogens is 1. The van der Waals surface area contributed by atoms with Crippen LogP contribution in [0.4, 0.5) is 4.39 Å². The van der Waals surface area contributed by atoms with E-state index in [4.69, 9.17) is 0 Å². The number of rotatable bonds is 0. The van der Waals surface area contributed by atoms with Crippen LogP contribution >= 0.6 is 0 Å². The number of ketones is 1. The number of carbonyl (C=O) groups is 1. The molecule has 12 heavy (non-hydrogen) atoms. The molecule has 0 aliphatic carbocycles. The Balaban J connectivity index is 2.54. The van der Waals surface area contributed by atoms with Gasteiger partial charge in [-0.25, -0.2) is 0 Å². The minimum atomic E-state index is -0.306. The standard InChI is InChI=1S/C9H7FOSe/c10-6-1-2-9-7(5-6)8(11)3-4-12-9/h1-2,5H,3-4H2. The van der Waals surface area contributed by atoms with Crippen LogP contribution in [-0.2, 0) is 0 Å². The average molecular weight is 229 g/mol. The van der Waals surface area contributed by atoms with Crippen molar-refractivity contribution in [1.82, 2.24) is 0 Å². The third kappa shape index (κ3) is 1.30. The molecule has 1 aromatic rings. The Hall–Kier alpha value is -0.661. The summed E-state index contributed by atoms with van der Waals surface area (Å²) in [6, 6.07) is 4.53. The Labute approximate surface area is 76.1 Å². The molecule has 2 rings (SSSR count). The van der Waals surface area contributed by atoms with E-state index in [1.54, 1.807) is 6.07 Å². The quantitative estimate of drug-likeness (QED) is 0.610. The second-order valence-corrected chi connectivity index (χ2v) is 5.05. The molecule has 0 saturated carbocycles. The molecular weight excluding hydrogens is 222 g/mol. The SMILES string of the molecule is O=C1CC[Se]c2ccc(F)cc21. The van der Waals surface area contributed by atoms with Crippen LogP contribution in [0.1, 0.15) is 16.8 Å². The van der Waals surface area contributed by atoms with Gasteiger partial charge in [0, 0.05) is 0 Å². The number of fused-ring (bicyclic) bond motifs is 1. The van der Waals surface area contributed by atoms with E-state index in [-0.39, 0.29) is 11.6 Å². The topological polar surface area (TPSA) is 17.1 Å². The fourth-order valence-electron chi connectivity index (χ4n) is 1.23. The molecule has 0 radical (unpaired) electrons. The van der Waals surface area contributed by atoms with E-state index in [1.165, 1.54) is 12.1 Å². The molecule has 1 aromatic carbocycles. The van der Waals surface area contributed by atoms with E-state index in [0.29, 0.717) is 26.9 Å². The molecule has 0 saturated heterocycles. The molecule has 0 bridgehead atoms. The van der Waals surface area contributed by atoms with Gasteiger partial charge in [-0.3, -0.25) is 0 Å². The maximum absolute atomic E-state index is 12.7. The van der Waals surface area contributed by atoms with Gasteiger partial charge < -0.3 is 0 Å². The summed E-state index contributed by atoms with van der Waals surface area (Å²) in [4.78, 5) is 11.3. The number of hydrogen-bond acceptors (Lipinski definition) is 1. The zero-order valence-electron chi connectivity index (χ0n) is 6.34. The molecule has 3 heteroatoms. The molecule has 0 aromatic heterocycles. The Morgan fingerprint density at radius 2 is 2.25 bits per heavy atom. The molecule has 1 nitrogen and oxygen atoms in total. The second-order valence-electron chi connectivity index (χ2n) is 2.66. The van der Waals surface area contributed by atoms with Crippen molar-refractivity contribution in [2.24, 2.45) is 0 Å². The van der Waals surface area contributed by atoms with Crippen LogP contribution in [0.15, 0.2) is 18.2 Å². The van der Waals surface area contributed by atoms with Gasteiger partial charge in [0.05, 0.1) is 0 Å². The molecule has 1 heterocycles. The van der Waals surface area contributed by atoms with Crippen LogP contribution in [0.2, 0.25) is 5.32 Å². The molecule has 1 aliphatic rings. The van der Waals surface area contributed by atoms with E-state index in [2.05, 4.69) is 0 Å². The van der Waals surface area contributed by atoms with Crippen LogP contribution in [-0.4, -0.2) is 20.7 Å². The zero-order valence-corrected chi connectivity index (χ0v) is 8.05. The van der Waals surface area contributed by atoms with Crippen LogP contribution < -0.4 is 4.46 Å². The fraction of sp³-hybridized carbons (Fsp3) is 0.222. The number of hydrogen-bond donors (Lipinski definition) is 0. The molecule has 62 valence electrons. The third-order valence-electron chi connectivity index (χ3n) is 1.83. The van der Waals surface area contributed by atoms with Gasteiger partial charge in [-0.05, 0) is 0 Å². The maximum atomic E-state index is 12.7. The molecule has 0 spiro atoms. The molecule has 0 amide bonds. The number of benzene rings is 1. The van der Waals surface area contributed by atoms with Crippen molar-refractivity contribution >= 4 is 25.2 Å². The first-order valence-corrected chi connectivity index (χ1v) is 5.80. The predicted molar refractivity (Wildman–Crippen MR) is 45.5 cm³/mol. The Bertz CT molecular complexity index is 335. The first kappa shape index (κ1) is 7.96. The van der Waals surface area contributed by atoms with Crippen molar-refractivity contribution in [2.45, 2.75) is 11.7 Å². The van der Waals surface area contributed by atoms with Gasteiger partial charge >= 0.3 is 75.7 Å². The van der Waals surface area contributed by atoms with Crippen molar-refractivity contribution in [2.75, 3.05) is 0 Å². The Morgan fingerprint density at radius 3 is 3.08 bits per heavy atom. The van der Waals surface area contributed by atoms with E-state index >= 15 is 0 Å². The molecular formula is C9H7FOSe. The van der Waals surface area contributed by atoms with E-state index in [0.717, 1.165) is 9.78 Å². The van der Waals surface area contributed by atoms with Gasteiger partial charge in [-0.15, -0.1) is 0 Å². The molecule has 1 aliphatic heterocycles. The first-order chi connectivity index (χ1) is 5.77. The van der Waals surface area contributed by atoms with E-state index in [1.807, 2.05) is 0 Å². The number of Topliss-reactive ketones (excluding diaryl/α,β-unsaturated/α-hetero) is 1. The summed E-state index contributed by atoms with van der Waals surface area (Å²) >= 11 is 0.372. The van der Waals surface area contributed by atoms with Crippen LogP contribution in [0.25, 0.3) is 0 Å². The van der Waals surface area contributed by atoms with Crippen LogP contribution in [0.3, 0.4) is 0 Å². The summed E-state index contributed by atoms with van der Waals surface area (Å²) in [7, 11) is 0.